The molecule has 0 spiro atoms. The quantitative estimate of drug-likeness (QED) is 0.879. The molecule has 0 fully saturated rings. The van der Waals surface area contributed by atoms with E-state index in [4.69, 9.17) is 17.3 Å². The summed E-state index contributed by atoms with van der Waals surface area (Å²) in [5.41, 5.74) is 5.98. The number of halogens is 1. The van der Waals surface area contributed by atoms with Gasteiger partial charge in [-0.05, 0) is 17.3 Å². The highest BCUT2D eigenvalue weighted by molar-refractivity contribution is 7.16. The molecule has 0 aromatic carbocycles. The lowest BCUT2D eigenvalue weighted by Crippen LogP contribution is -2.12. The van der Waals surface area contributed by atoms with Crippen molar-refractivity contribution in [2.75, 3.05) is 0 Å². The van der Waals surface area contributed by atoms with Crippen LogP contribution in [0.5, 0.6) is 0 Å². The Balaban J connectivity index is 2.06. The lowest BCUT2D eigenvalue weighted by Gasteiger charge is -2.04. The Hall–Kier alpha value is -0.980. The monoisotopic (exact) mass is 243 g/mol. The summed E-state index contributed by atoms with van der Waals surface area (Å²) in [7, 11) is 1.73. The maximum Gasteiger partial charge on any atom is 0.176 e. The van der Waals surface area contributed by atoms with E-state index in [1.165, 1.54) is 16.1 Å². The van der Waals surface area contributed by atoms with Gasteiger partial charge in [-0.1, -0.05) is 11.6 Å². The summed E-state index contributed by atoms with van der Waals surface area (Å²) in [5, 5.41) is 11.7. The summed E-state index contributed by atoms with van der Waals surface area (Å²) in [5.74, 6) is 0.648. The van der Waals surface area contributed by atoms with Crippen molar-refractivity contribution >= 4 is 22.9 Å². The number of tetrazole rings is 1. The van der Waals surface area contributed by atoms with Gasteiger partial charge in [0.2, 0.25) is 0 Å². The first-order valence-electron chi connectivity index (χ1n) is 4.39. The average Bonchev–Trinajstić information content (AvgIpc) is 2.75. The zero-order valence-corrected chi connectivity index (χ0v) is 9.66. The predicted octanol–water partition coefficient (Wildman–Crippen LogP) is 1.17. The van der Waals surface area contributed by atoms with Crippen molar-refractivity contribution in [2.24, 2.45) is 12.8 Å². The van der Waals surface area contributed by atoms with Gasteiger partial charge < -0.3 is 5.73 Å². The van der Waals surface area contributed by atoms with Gasteiger partial charge in [-0.3, -0.25) is 0 Å². The average molecular weight is 244 g/mol. The van der Waals surface area contributed by atoms with Crippen LogP contribution in [0, 0.1) is 0 Å². The Morgan fingerprint density at radius 2 is 2.40 bits per heavy atom. The number of thiophene rings is 1. The molecule has 0 aliphatic carbocycles. The van der Waals surface area contributed by atoms with E-state index in [-0.39, 0.29) is 6.04 Å². The zero-order valence-electron chi connectivity index (χ0n) is 8.09. The molecule has 0 saturated heterocycles. The van der Waals surface area contributed by atoms with E-state index in [1.807, 2.05) is 12.1 Å². The molecule has 2 rings (SSSR count). The van der Waals surface area contributed by atoms with Crippen LogP contribution in [-0.4, -0.2) is 20.2 Å². The number of rotatable bonds is 3. The lowest BCUT2D eigenvalue weighted by molar-refractivity contribution is 0.623. The molecule has 0 aliphatic rings. The number of hydrogen-bond donors (Lipinski definition) is 1. The fourth-order valence-corrected chi connectivity index (χ4v) is 2.29. The van der Waals surface area contributed by atoms with Gasteiger partial charge in [-0.15, -0.1) is 21.5 Å². The minimum absolute atomic E-state index is 0.119. The molecule has 2 heterocycles. The minimum atomic E-state index is -0.119. The fourth-order valence-electron chi connectivity index (χ4n) is 1.23. The topological polar surface area (TPSA) is 69.6 Å². The van der Waals surface area contributed by atoms with Crippen molar-refractivity contribution in [1.29, 1.82) is 0 Å². The molecule has 5 nitrogen and oxygen atoms in total. The lowest BCUT2D eigenvalue weighted by atomic mass is 10.2. The van der Waals surface area contributed by atoms with Gasteiger partial charge in [-0.25, -0.2) is 0 Å². The van der Waals surface area contributed by atoms with Crippen LogP contribution < -0.4 is 5.73 Å². The standard InChI is InChI=1S/C8H10ClN5S/c1-14-12-8(11-13-14)4-5(10)6-2-3-7(9)15-6/h2-3,5H,4,10H2,1H3. The Labute approximate surface area is 95.9 Å². The number of nitrogens with two attached hydrogens (primary N) is 1. The molecule has 2 aromatic rings. The highest BCUT2D eigenvalue weighted by atomic mass is 35.5. The highest BCUT2D eigenvalue weighted by Crippen LogP contribution is 2.26. The first-order chi connectivity index (χ1) is 7.15. The molecular weight excluding hydrogens is 234 g/mol. The molecule has 0 saturated carbocycles. The molecule has 0 amide bonds. The number of nitrogens with zero attached hydrogens (tertiary/aromatic N) is 4. The number of aromatic nitrogens is 4. The fraction of sp³-hybridized carbons (Fsp3) is 0.375. The summed E-state index contributed by atoms with van der Waals surface area (Å²) in [6, 6.07) is 3.64. The molecule has 7 heteroatoms. The summed E-state index contributed by atoms with van der Waals surface area (Å²) in [4.78, 5) is 2.45. The van der Waals surface area contributed by atoms with E-state index in [2.05, 4.69) is 15.4 Å². The van der Waals surface area contributed by atoms with Crippen LogP contribution in [-0.2, 0) is 13.5 Å². The predicted molar refractivity (Wildman–Crippen MR) is 58.8 cm³/mol. The van der Waals surface area contributed by atoms with Crippen LogP contribution in [0.25, 0.3) is 0 Å². The molecule has 0 radical (unpaired) electrons. The molecule has 1 unspecified atom stereocenters. The van der Waals surface area contributed by atoms with Gasteiger partial charge in [0.05, 0.1) is 11.4 Å². The van der Waals surface area contributed by atoms with Crippen molar-refractivity contribution in [3.63, 3.8) is 0 Å². The van der Waals surface area contributed by atoms with Gasteiger partial charge in [0.15, 0.2) is 5.82 Å². The summed E-state index contributed by atoms with van der Waals surface area (Å²) < 4.78 is 0.743. The van der Waals surface area contributed by atoms with Gasteiger partial charge in [-0.2, -0.15) is 4.80 Å². The third-order valence-corrected chi connectivity index (χ3v) is 3.27. The van der Waals surface area contributed by atoms with Crippen molar-refractivity contribution in [2.45, 2.75) is 12.5 Å². The largest absolute Gasteiger partial charge is 0.323 e. The minimum Gasteiger partial charge on any atom is -0.323 e. The SMILES string of the molecule is Cn1nnc(CC(N)c2ccc(Cl)s2)n1. The Bertz CT molecular complexity index is 451. The van der Waals surface area contributed by atoms with E-state index in [1.54, 1.807) is 7.05 Å². The summed E-state index contributed by atoms with van der Waals surface area (Å²) in [6.45, 7) is 0. The molecule has 1 atom stereocenters. The Morgan fingerprint density at radius 3 is 2.93 bits per heavy atom. The third-order valence-electron chi connectivity index (χ3n) is 1.91. The van der Waals surface area contributed by atoms with Crippen LogP contribution in [0.3, 0.4) is 0 Å². The van der Waals surface area contributed by atoms with Gasteiger partial charge in [0, 0.05) is 17.3 Å². The number of hydrogen-bond acceptors (Lipinski definition) is 5. The zero-order chi connectivity index (χ0) is 10.8. The maximum atomic E-state index is 5.98. The van der Waals surface area contributed by atoms with E-state index in [9.17, 15) is 0 Å². The Kier molecular flexibility index (Phi) is 2.99. The second-order valence-corrected chi connectivity index (χ2v) is 4.89. The van der Waals surface area contributed by atoms with Crippen LogP contribution in [0.1, 0.15) is 16.7 Å². The normalized spacial score (nSPS) is 13.0. The molecular formula is C8H10ClN5S. The first-order valence-corrected chi connectivity index (χ1v) is 5.58. The second-order valence-electron chi connectivity index (χ2n) is 3.15. The summed E-state index contributed by atoms with van der Waals surface area (Å²) >= 11 is 7.31. The van der Waals surface area contributed by atoms with Crippen molar-refractivity contribution in [3.05, 3.63) is 27.2 Å². The van der Waals surface area contributed by atoms with Crippen LogP contribution in [0.2, 0.25) is 4.34 Å². The van der Waals surface area contributed by atoms with Gasteiger partial charge >= 0.3 is 0 Å². The van der Waals surface area contributed by atoms with Crippen molar-refractivity contribution in [1.82, 2.24) is 20.2 Å². The molecule has 2 aromatic heterocycles. The first kappa shape index (κ1) is 10.5. The van der Waals surface area contributed by atoms with Gasteiger partial charge in [0.1, 0.15) is 0 Å². The van der Waals surface area contributed by atoms with Gasteiger partial charge in [0.25, 0.3) is 0 Å². The maximum absolute atomic E-state index is 5.98. The molecule has 80 valence electrons. The second kappa shape index (κ2) is 4.26. The third kappa shape index (κ3) is 2.53. The van der Waals surface area contributed by atoms with E-state index in [0.29, 0.717) is 12.2 Å². The van der Waals surface area contributed by atoms with Crippen molar-refractivity contribution in [3.8, 4) is 0 Å². The van der Waals surface area contributed by atoms with Crippen LogP contribution in [0.15, 0.2) is 12.1 Å². The molecule has 2 N–H and O–H groups in total. The summed E-state index contributed by atoms with van der Waals surface area (Å²) in [6.07, 6.45) is 0.574. The van der Waals surface area contributed by atoms with Crippen molar-refractivity contribution < 1.29 is 0 Å². The Morgan fingerprint density at radius 1 is 1.60 bits per heavy atom. The van der Waals surface area contributed by atoms with Crippen LogP contribution in [0.4, 0.5) is 0 Å². The number of aryl methyl sites for hydroxylation is 1. The molecule has 15 heavy (non-hydrogen) atoms. The van der Waals surface area contributed by atoms with E-state index >= 15 is 0 Å². The van der Waals surface area contributed by atoms with E-state index < -0.39 is 0 Å². The van der Waals surface area contributed by atoms with Crippen LogP contribution >= 0.6 is 22.9 Å². The highest BCUT2D eigenvalue weighted by Gasteiger charge is 2.12. The smallest absolute Gasteiger partial charge is 0.176 e. The molecule has 0 aliphatic heterocycles. The molecule has 0 bridgehead atoms. The van der Waals surface area contributed by atoms with E-state index in [0.717, 1.165) is 9.21 Å².